The topological polar surface area (TPSA) is 51.8 Å². The number of nitrogens with zero attached hydrogens (tertiary/aromatic N) is 3. The Balaban J connectivity index is 1.14. The lowest BCUT2D eigenvalue weighted by Gasteiger charge is -2.09. The van der Waals surface area contributed by atoms with E-state index in [9.17, 15) is 0 Å². The number of benzene rings is 7. The highest BCUT2D eigenvalue weighted by Crippen LogP contribution is 2.42. The summed E-state index contributed by atoms with van der Waals surface area (Å²) in [5, 5.41) is 4.62. The zero-order chi connectivity index (χ0) is 33.9. The van der Waals surface area contributed by atoms with Crippen LogP contribution < -0.4 is 0 Å². The molecule has 5 heteroatoms. The van der Waals surface area contributed by atoms with Gasteiger partial charge in [-0.2, -0.15) is 0 Å². The second kappa shape index (κ2) is 11.9. The van der Waals surface area contributed by atoms with Crippen molar-refractivity contribution in [1.82, 2.24) is 15.0 Å². The highest BCUT2D eigenvalue weighted by atomic mass is 32.1. The van der Waals surface area contributed by atoms with E-state index in [0.717, 1.165) is 49.8 Å². The predicted octanol–water partition coefficient (Wildman–Crippen LogP) is 12.8. The highest BCUT2D eigenvalue weighted by Gasteiger charge is 2.19. The van der Waals surface area contributed by atoms with E-state index in [1.165, 1.54) is 36.9 Å². The van der Waals surface area contributed by atoms with Gasteiger partial charge in [-0.25, -0.2) is 15.0 Å². The number of thiophene rings is 1. The van der Waals surface area contributed by atoms with E-state index in [2.05, 4.69) is 122 Å². The van der Waals surface area contributed by atoms with Gasteiger partial charge in [-0.3, -0.25) is 0 Å². The molecule has 0 saturated heterocycles. The molecule has 10 rings (SSSR count). The van der Waals surface area contributed by atoms with Crippen LogP contribution in [-0.2, 0) is 0 Å². The summed E-state index contributed by atoms with van der Waals surface area (Å²) >= 11 is 1.80. The summed E-state index contributed by atoms with van der Waals surface area (Å²) in [6, 6.07) is 54.9. The van der Waals surface area contributed by atoms with Crippen LogP contribution in [0.15, 0.2) is 162 Å². The van der Waals surface area contributed by atoms with Crippen molar-refractivity contribution >= 4 is 53.4 Å². The first kappa shape index (κ1) is 29.5. The van der Waals surface area contributed by atoms with Crippen molar-refractivity contribution < 1.29 is 4.42 Å². The van der Waals surface area contributed by atoms with E-state index < -0.39 is 0 Å². The molecule has 0 amide bonds. The minimum Gasteiger partial charge on any atom is -0.456 e. The first-order valence-corrected chi connectivity index (χ1v) is 17.8. The molecule has 0 unspecified atom stereocenters. The van der Waals surface area contributed by atoms with Crippen molar-refractivity contribution in [2.75, 3.05) is 0 Å². The van der Waals surface area contributed by atoms with Gasteiger partial charge in [0.05, 0.1) is 0 Å². The molecule has 0 fully saturated rings. The zero-order valence-electron chi connectivity index (χ0n) is 27.7. The zero-order valence-corrected chi connectivity index (χ0v) is 28.5. The average molecular weight is 672 g/mol. The summed E-state index contributed by atoms with van der Waals surface area (Å²) < 4.78 is 9.02. The van der Waals surface area contributed by atoms with Crippen LogP contribution in [0.25, 0.3) is 98.5 Å². The van der Waals surface area contributed by atoms with Crippen LogP contribution in [0, 0.1) is 6.92 Å². The summed E-state index contributed by atoms with van der Waals surface area (Å²) in [4.78, 5) is 15.3. The maximum Gasteiger partial charge on any atom is 0.165 e. The van der Waals surface area contributed by atoms with Crippen LogP contribution in [0.2, 0.25) is 0 Å². The van der Waals surface area contributed by atoms with E-state index in [-0.39, 0.29) is 0 Å². The van der Waals surface area contributed by atoms with Gasteiger partial charge in [0.1, 0.15) is 11.2 Å². The van der Waals surface area contributed by atoms with Gasteiger partial charge in [0, 0.05) is 47.6 Å². The largest absolute Gasteiger partial charge is 0.456 e. The molecule has 7 aromatic carbocycles. The third-order valence-electron chi connectivity index (χ3n) is 9.67. The Kier molecular flexibility index (Phi) is 6.86. The molecular weight excluding hydrogens is 643 g/mol. The normalized spacial score (nSPS) is 11.6. The molecule has 4 nitrogen and oxygen atoms in total. The maximum absolute atomic E-state index is 6.55. The highest BCUT2D eigenvalue weighted by molar-refractivity contribution is 7.26. The average Bonchev–Trinajstić information content (AvgIpc) is 3.78. The molecular formula is C46H29N3OS. The Morgan fingerprint density at radius 1 is 0.412 bits per heavy atom. The van der Waals surface area contributed by atoms with E-state index in [1.807, 2.05) is 42.5 Å². The van der Waals surface area contributed by atoms with Crippen LogP contribution in [-0.4, -0.2) is 15.0 Å². The third-order valence-corrected chi connectivity index (χ3v) is 11.1. The Labute approximate surface area is 298 Å². The summed E-state index contributed by atoms with van der Waals surface area (Å²) in [6.07, 6.45) is 0. The van der Waals surface area contributed by atoms with E-state index in [4.69, 9.17) is 19.4 Å². The molecule has 0 aliphatic rings. The second-order valence-electron chi connectivity index (χ2n) is 12.8. The Morgan fingerprint density at radius 2 is 1.04 bits per heavy atom. The van der Waals surface area contributed by atoms with Crippen molar-refractivity contribution in [3.05, 3.63) is 163 Å². The lowest BCUT2D eigenvalue weighted by Crippen LogP contribution is -2.00. The van der Waals surface area contributed by atoms with Gasteiger partial charge in [0.15, 0.2) is 17.5 Å². The number of fused-ring (bicyclic) bond motifs is 6. The molecule has 240 valence electrons. The molecule has 0 saturated carbocycles. The summed E-state index contributed by atoms with van der Waals surface area (Å²) in [5.41, 5.74) is 10.4. The number of aryl methyl sites for hydroxylation is 1. The van der Waals surface area contributed by atoms with Crippen LogP contribution in [0.5, 0.6) is 0 Å². The molecule has 10 aromatic rings. The fraction of sp³-hybridized carbons (Fsp3) is 0.0217. The van der Waals surface area contributed by atoms with Crippen molar-refractivity contribution in [3.8, 4) is 56.4 Å². The lowest BCUT2D eigenvalue weighted by molar-refractivity contribution is 0.669. The first-order valence-electron chi connectivity index (χ1n) is 17.0. The van der Waals surface area contributed by atoms with Gasteiger partial charge >= 0.3 is 0 Å². The van der Waals surface area contributed by atoms with Gasteiger partial charge in [0.2, 0.25) is 0 Å². The van der Waals surface area contributed by atoms with Crippen LogP contribution in [0.3, 0.4) is 0 Å². The SMILES string of the molecule is Cc1cccc2c1sc1c(-c3nc(-c4ccccc4)nc(-c4ccc5c(c4)oc4cccc(-c6cccc(-c7ccccc7)c6)c45)n3)cccc12. The van der Waals surface area contributed by atoms with E-state index in [1.54, 1.807) is 11.3 Å². The molecule has 0 spiro atoms. The number of furan rings is 1. The van der Waals surface area contributed by atoms with Crippen molar-refractivity contribution in [3.63, 3.8) is 0 Å². The fourth-order valence-electron chi connectivity index (χ4n) is 7.18. The van der Waals surface area contributed by atoms with E-state index >= 15 is 0 Å². The van der Waals surface area contributed by atoms with Gasteiger partial charge in [-0.15, -0.1) is 11.3 Å². The van der Waals surface area contributed by atoms with Gasteiger partial charge < -0.3 is 4.42 Å². The molecule has 0 bridgehead atoms. The molecule has 3 aromatic heterocycles. The van der Waals surface area contributed by atoms with Crippen molar-refractivity contribution in [2.24, 2.45) is 0 Å². The van der Waals surface area contributed by atoms with Crippen LogP contribution >= 0.6 is 11.3 Å². The molecule has 0 aliphatic carbocycles. The van der Waals surface area contributed by atoms with Gasteiger partial charge in [0.25, 0.3) is 0 Å². The maximum atomic E-state index is 6.55. The molecule has 3 heterocycles. The van der Waals surface area contributed by atoms with Gasteiger partial charge in [-0.1, -0.05) is 127 Å². The monoisotopic (exact) mass is 671 g/mol. The van der Waals surface area contributed by atoms with Gasteiger partial charge in [-0.05, 0) is 65.1 Å². The van der Waals surface area contributed by atoms with Crippen molar-refractivity contribution in [1.29, 1.82) is 0 Å². The summed E-state index contributed by atoms with van der Waals surface area (Å²) in [6.45, 7) is 2.17. The standard InChI is InChI=1S/C46H29N3OS/c1-28-12-8-20-35-36-21-10-22-38(43(36)51-42(28)35)46-48-44(30-15-6-3-7-16-30)47-45(49-46)33-24-25-37-40(27-33)50-39-23-11-19-34(41(37)39)32-18-9-17-31(26-32)29-13-4-2-5-14-29/h2-27H,1H3. The molecule has 51 heavy (non-hydrogen) atoms. The second-order valence-corrected chi connectivity index (χ2v) is 13.9. The lowest BCUT2D eigenvalue weighted by atomic mass is 9.96. The first-order chi connectivity index (χ1) is 25.2. The Hall–Kier alpha value is -6.43. The quantitative estimate of drug-likeness (QED) is 0.183. The Morgan fingerprint density at radius 3 is 1.86 bits per heavy atom. The van der Waals surface area contributed by atoms with Crippen LogP contribution in [0.1, 0.15) is 5.56 Å². The summed E-state index contributed by atoms with van der Waals surface area (Å²) in [5.74, 6) is 1.89. The molecule has 0 N–H and O–H groups in total. The van der Waals surface area contributed by atoms with Crippen molar-refractivity contribution in [2.45, 2.75) is 6.92 Å². The third kappa shape index (κ3) is 5.01. The minimum absolute atomic E-state index is 0.603. The predicted molar refractivity (Wildman–Crippen MR) is 212 cm³/mol. The number of hydrogen-bond donors (Lipinski definition) is 0. The minimum atomic E-state index is 0.603. The number of hydrogen-bond acceptors (Lipinski definition) is 5. The van der Waals surface area contributed by atoms with E-state index in [0.29, 0.717) is 17.5 Å². The summed E-state index contributed by atoms with van der Waals surface area (Å²) in [7, 11) is 0. The van der Waals surface area contributed by atoms with Crippen LogP contribution in [0.4, 0.5) is 0 Å². The fourth-order valence-corrected chi connectivity index (χ4v) is 8.46. The number of aromatic nitrogens is 3. The molecule has 0 atom stereocenters. The Bertz CT molecular complexity index is 2930. The molecule has 0 aliphatic heterocycles. The molecule has 0 radical (unpaired) electrons. The smallest absolute Gasteiger partial charge is 0.165 e. The number of rotatable bonds is 5.